The van der Waals surface area contributed by atoms with Gasteiger partial charge in [-0.3, -0.25) is 9.89 Å². The van der Waals surface area contributed by atoms with Crippen LogP contribution in [-0.2, 0) is 12.8 Å². The van der Waals surface area contributed by atoms with E-state index in [0.717, 1.165) is 30.5 Å². The molecule has 1 aliphatic carbocycles. The topological polar surface area (TPSA) is 57.8 Å². The van der Waals surface area contributed by atoms with Gasteiger partial charge in [0.15, 0.2) is 5.69 Å². The third-order valence-corrected chi connectivity index (χ3v) is 3.76. The van der Waals surface area contributed by atoms with Gasteiger partial charge < -0.3 is 5.32 Å². The SMILES string of the molecule is O=C(Nc1cc(Cl)ccc1Cl)c1n[nH]c2c1CCC2. The normalized spacial score (nSPS) is 13.4. The summed E-state index contributed by atoms with van der Waals surface area (Å²) in [5, 5.41) is 10.7. The number of carbonyl (C=O) groups is 1. The van der Waals surface area contributed by atoms with Crippen LogP contribution in [0.2, 0.25) is 10.0 Å². The summed E-state index contributed by atoms with van der Waals surface area (Å²) in [6, 6.07) is 4.94. The molecule has 3 rings (SSSR count). The first-order valence-electron chi connectivity index (χ1n) is 5.97. The van der Waals surface area contributed by atoms with Crippen molar-refractivity contribution in [3.63, 3.8) is 0 Å². The number of rotatable bonds is 2. The number of aromatic amines is 1. The van der Waals surface area contributed by atoms with Crippen LogP contribution in [0.15, 0.2) is 18.2 Å². The van der Waals surface area contributed by atoms with Crippen molar-refractivity contribution in [2.75, 3.05) is 5.32 Å². The number of carbonyl (C=O) groups excluding carboxylic acids is 1. The molecule has 1 aromatic heterocycles. The van der Waals surface area contributed by atoms with E-state index in [0.29, 0.717) is 21.4 Å². The van der Waals surface area contributed by atoms with Gasteiger partial charge in [0.2, 0.25) is 0 Å². The van der Waals surface area contributed by atoms with Gasteiger partial charge in [-0.25, -0.2) is 0 Å². The molecule has 0 atom stereocenters. The maximum atomic E-state index is 12.2. The molecule has 0 spiro atoms. The molecule has 0 aliphatic heterocycles. The van der Waals surface area contributed by atoms with Crippen molar-refractivity contribution in [2.24, 2.45) is 0 Å². The molecule has 0 fully saturated rings. The molecule has 4 nitrogen and oxygen atoms in total. The van der Waals surface area contributed by atoms with E-state index in [2.05, 4.69) is 15.5 Å². The second-order valence-electron chi connectivity index (χ2n) is 4.46. The fourth-order valence-corrected chi connectivity index (χ4v) is 2.62. The smallest absolute Gasteiger partial charge is 0.276 e. The van der Waals surface area contributed by atoms with E-state index in [1.165, 1.54) is 0 Å². The molecule has 0 radical (unpaired) electrons. The average Bonchev–Trinajstić information content (AvgIpc) is 2.95. The molecule has 0 bridgehead atoms. The quantitative estimate of drug-likeness (QED) is 0.891. The first-order chi connectivity index (χ1) is 9.15. The third-order valence-electron chi connectivity index (χ3n) is 3.20. The van der Waals surface area contributed by atoms with Gasteiger partial charge in [-0.1, -0.05) is 23.2 Å². The Hall–Kier alpha value is -1.52. The first kappa shape index (κ1) is 12.5. The molecule has 1 amide bonds. The predicted octanol–water partition coefficient (Wildman–Crippen LogP) is 3.46. The summed E-state index contributed by atoms with van der Waals surface area (Å²) in [4.78, 5) is 12.2. The zero-order valence-electron chi connectivity index (χ0n) is 9.96. The van der Waals surface area contributed by atoms with Crippen molar-refractivity contribution in [1.29, 1.82) is 0 Å². The summed E-state index contributed by atoms with van der Waals surface area (Å²) in [6.45, 7) is 0. The number of amides is 1. The Kier molecular flexibility index (Phi) is 3.21. The Labute approximate surface area is 120 Å². The summed E-state index contributed by atoms with van der Waals surface area (Å²) in [7, 11) is 0. The Bertz CT molecular complexity index is 651. The standard InChI is InChI=1S/C13H11Cl2N3O/c14-7-4-5-9(15)11(6-7)16-13(19)12-8-2-1-3-10(8)17-18-12/h4-6H,1-3H2,(H,16,19)(H,17,18). The van der Waals surface area contributed by atoms with Crippen molar-refractivity contribution >= 4 is 34.8 Å². The number of fused-ring (bicyclic) bond motifs is 1. The van der Waals surface area contributed by atoms with E-state index < -0.39 is 0 Å². The highest BCUT2D eigenvalue weighted by Crippen LogP contribution is 2.27. The molecule has 0 saturated carbocycles. The molecule has 2 N–H and O–H groups in total. The van der Waals surface area contributed by atoms with Crippen LogP contribution in [0.5, 0.6) is 0 Å². The number of nitrogens with zero attached hydrogens (tertiary/aromatic N) is 1. The molecule has 1 aliphatic rings. The lowest BCUT2D eigenvalue weighted by Gasteiger charge is -2.06. The van der Waals surface area contributed by atoms with Crippen LogP contribution < -0.4 is 5.32 Å². The van der Waals surface area contributed by atoms with Gasteiger partial charge >= 0.3 is 0 Å². The first-order valence-corrected chi connectivity index (χ1v) is 6.73. The Morgan fingerprint density at radius 2 is 2.16 bits per heavy atom. The van der Waals surface area contributed by atoms with E-state index in [1.54, 1.807) is 18.2 Å². The summed E-state index contributed by atoms with van der Waals surface area (Å²) in [6.07, 6.45) is 2.90. The van der Waals surface area contributed by atoms with E-state index in [1.807, 2.05) is 0 Å². The zero-order chi connectivity index (χ0) is 13.4. The second kappa shape index (κ2) is 4.87. The Morgan fingerprint density at radius 1 is 1.32 bits per heavy atom. The van der Waals surface area contributed by atoms with E-state index in [9.17, 15) is 4.79 Å². The second-order valence-corrected chi connectivity index (χ2v) is 5.30. The fourth-order valence-electron chi connectivity index (χ4n) is 2.28. The van der Waals surface area contributed by atoms with Gasteiger partial charge in [-0.2, -0.15) is 5.10 Å². The monoisotopic (exact) mass is 295 g/mol. The van der Waals surface area contributed by atoms with Crippen LogP contribution in [0.4, 0.5) is 5.69 Å². The van der Waals surface area contributed by atoms with Crippen LogP contribution in [0.25, 0.3) is 0 Å². The number of anilines is 1. The summed E-state index contributed by atoms with van der Waals surface area (Å²) < 4.78 is 0. The predicted molar refractivity (Wildman–Crippen MR) is 75.0 cm³/mol. The zero-order valence-corrected chi connectivity index (χ0v) is 11.5. The number of H-pyrrole nitrogens is 1. The lowest BCUT2D eigenvalue weighted by atomic mass is 10.2. The van der Waals surface area contributed by atoms with Gasteiger partial charge in [-0.15, -0.1) is 0 Å². The maximum Gasteiger partial charge on any atom is 0.276 e. The number of benzene rings is 1. The highest BCUT2D eigenvalue weighted by molar-refractivity contribution is 6.35. The number of nitrogens with one attached hydrogen (secondary N) is 2. The largest absolute Gasteiger partial charge is 0.319 e. The van der Waals surface area contributed by atoms with Gasteiger partial charge in [0.25, 0.3) is 5.91 Å². The number of hydrogen-bond donors (Lipinski definition) is 2. The molecule has 1 heterocycles. The van der Waals surface area contributed by atoms with Crippen LogP contribution in [0, 0.1) is 0 Å². The summed E-state index contributed by atoms with van der Waals surface area (Å²) in [5.74, 6) is -0.261. The molecule has 0 saturated heterocycles. The molecule has 6 heteroatoms. The van der Waals surface area contributed by atoms with Crippen molar-refractivity contribution in [1.82, 2.24) is 10.2 Å². The van der Waals surface area contributed by atoms with Crippen molar-refractivity contribution in [3.8, 4) is 0 Å². The van der Waals surface area contributed by atoms with E-state index >= 15 is 0 Å². The van der Waals surface area contributed by atoms with Gasteiger partial charge in [0, 0.05) is 16.3 Å². The van der Waals surface area contributed by atoms with Crippen LogP contribution in [0.3, 0.4) is 0 Å². The number of aryl methyl sites for hydroxylation is 1. The Morgan fingerprint density at radius 3 is 3.00 bits per heavy atom. The van der Waals surface area contributed by atoms with Crippen molar-refractivity contribution < 1.29 is 4.79 Å². The minimum Gasteiger partial charge on any atom is -0.319 e. The highest BCUT2D eigenvalue weighted by Gasteiger charge is 2.23. The molecule has 1 aromatic carbocycles. The molecule has 19 heavy (non-hydrogen) atoms. The number of aromatic nitrogens is 2. The lowest BCUT2D eigenvalue weighted by molar-refractivity contribution is 0.102. The fraction of sp³-hybridized carbons (Fsp3) is 0.231. The van der Waals surface area contributed by atoms with Crippen LogP contribution in [0.1, 0.15) is 28.2 Å². The maximum absolute atomic E-state index is 12.2. The van der Waals surface area contributed by atoms with Gasteiger partial charge in [0.1, 0.15) is 0 Å². The van der Waals surface area contributed by atoms with Crippen molar-refractivity contribution in [2.45, 2.75) is 19.3 Å². The lowest BCUT2D eigenvalue weighted by Crippen LogP contribution is -2.14. The van der Waals surface area contributed by atoms with E-state index in [4.69, 9.17) is 23.2 Å². The molecule has 2 aromatic rings. The minimum absolute atomic E-state index is 0.261. The number of halogens is 2. The van der Waals surface area contributed by atoms with Gasteiger partial charge in [-0.05, 0) is 37.5 Å². The molecular formula is C13H11Cl2N3O. The van der Waals surface area contributed by atoms with E-state index in [-0.39, 0.29) is 5.91 Å². The summed E-state index contributed by atoms with van der Waals surface area (Å²) in [5.41, 5.74) is 3.01. The molecule has 98 valence electrons. The average molecular weight is 296 g/mol. The van der Waals surface area contributed by atoms with Crippen molar-refractivity contribution in [3.05, 3.63) is 45.2 Å². The summed E-state index contributed by atoms with van der Waals surface area (Å²) >= 11 is 11.9. The van der Waals surface area contributed by atoms with Crippen LogP contribution >= 0.6 is 23.2 Å². The van der Waals surface area contributed by atoms with Gasteiger partial charge in [0.05, 0.1) is 10.7 Å². The highest BCUT2D eigenvalue weighted by atomic mass is 35.5. The molecular weight excluding hydrogens is 285 g/mol. The van der Waals surface area contributed by atoms with Crippen LogP contribution in [-0.4, -0.2) is 16.1 Å². The number of hydrogen-bond acceptors (Lipinski definition) is 2. The Balaban J connectivity index is 1.87. The minimum atomic E-state index is -0.261. The third kappa shape index (κ3) is 2.33. The molecule has 0 unspecified atom stereocenters.